The lowest BCUT2D eigenvalue weighted by Gasteiger charge is -2.25. The van der Waals surface area contributed by atoms with E-state index in [1.54, 1.807) is 18.5 Å². The molecule has 142 valence electrons. The van der Waals surface area contributed by atoms with Crippen LogP contribution in [0.2, 0.25) is 0 Å². The van der Waals surface area contributed by atoms with E-state index in [4.69, 9.17) is 4.18 Å². The third kappa shape index (κ3) is 3.76. The fourth-order valence-corrected chi connectivity index (χ4v) is 4.47. The van der Waals surface area contributed by atoms with Crippen LogP contribution < -0.4 is 0 Å². The minimum absolute atomic E-state index is 0.429. The van der Waals surface area contributed by atoms with Gasteiger partial charge in [0.1, 0.15) is 6.10 Å². The van der Waals surface area contributed by atoms with Gasteiger partial charge >= 0.3 is 0 Å². The molecule has 0 saturated carbocycles. The topological polar surface area (TPSA) is 64.4 Å². The average molecular weight is 385 g/mol. The Kier molecular flexibility index (Phi) is 4.75. The maximum Gasteiger partial charge on any atom is 0.265 e. The van der Waals surface area contributed by atoms with E-state index < -0.39 is 16.2 Å². The molecular formula is C20H23N3O3S. The van der Waals surface area contributed by atoms with Crippen molar-refractivity contribution in [3.05, 3.63) is 65.6 Å². The van der Waals surface area contributed by atoms with E-state index in [0.717, 1.165) is 36.8 Å². The second-order valence-electron chi connectivity index (χ2n) is 7.12. The number of benzene rings is 1. The zero-order valence-electron chi connectivity index (χ0n) is 15.5. The molecule has 0 fully saturated rings. The number of pyridine rings is 1. The normalized spacial score (nSPS) is 16.4. The van der Waals surface area contributed by atoms with Crippen LogP contribution in [0.1, 0.15) is 22.9 Å². The number of nitrogens with zero attached hydrogens (tertiary/aromatic N) is 3. The Morgan fingerprint density at radius 3 is 2.78 bits per heavy atom. The number of likely N-dealkylation sites (N-methyl/N-ethyl adjacent to an activating group) is 1. The summed E-state index contributed by atoms with van der Waals surface area (Å²) in [4.78, 5) is 6.44. The smallest absolute Gasteiger partial charge is 0.265 e. The van der Waals surface area contributed by atoms with Crippen molar-refractivity contribution in [1.29, 1.82) is 0 Å². The van der Waals surface area contributed by atoms with Crippen LogP contribution in [-0.4, -0.2) is 42.7 Å². The van der Waals surface area contributed by atoms with Crippen molar-refractivity contribution >= 4 is 21.0 Å². The van der Waals surface area contributed by atoms with E-state index >= 15 is 0 Å². The number of hydrogen-bond donors (Lipinski definition) is 0. The Morgan fingerprint density at radius 1 is 1.22 bits per heavy atom. The van der Waals surface area contributed by atoms with Gasteiger partial charge in [0.05, 0.1) is 12.8 Å². The second-order valence-corrected chi connectivity index (χ2v) is 8.72. The van der Waals surface area contributed by atoms with E-state index in [1.807, 2.05) is 18.2 Å². The summed E-state index contributed by atoms with van der Waals surface area (Å²) >= 11 is 0. The van der Waals surface area contributed by atoms with Crippen LogP contribution in [0.25, 0.3) is 10.9 Å². The Morgan fingerprint density at radius 2 is 2.04 bits per heavy atom. The fourth-order valence-electron chi connectivity index (χ4n) is 3.88. The molecule has 0 radical (unpaired) electrons. The first-order valence-electron chi connectivity index (χ1n) is 8.98. The standard InChI is InChI=1S/C20H23N3O3S/c1-22-11-9-19-17(13-22)16-7-3-4-8-18(16)23(19)14-20(26-27(2,24)25)15-6-5-10-21-12-15/h3-8,10,12,20H,9,11,13-14H2,1-2H3. The summed E-state index contributed by atoms with van der Waals surface area (Å²) in [5, 5.41) is 1.23. The molecule has 4 rings (SSSR count). The van der Waals surface area contributed by atoms with Gasteiger partial charge in [0.15, 0.2) is 0 Å². The second kappa shape index (κ2) is 7.07. The Bertz CT molecular complexity index is 1060. The van der Waals surface area contributed by atoms with E-state index in [2.05, 4.69) is 33.6 Å². The number of hydrogen-bond acceptors (Lipinski definition) is 5. The molecule has 0 bridgehead atoms. The average Bonchev–Trinajstić information content (AvgIpc) is 2.94. The molecule has 0 amide bonds. The molecule has 2 aromatic heterocycles. The van der Waals surface area contributed by atoms with Crippen molar-refractivity contribution < 1.29 is 12.6 Å². The van der Waals surface area contributed by atoms with E-state index in [-0.39, 0.29) is 0 Å². The summed E-state index contributed by atoms with van der Waals surface area (Å²) in [6.07, 6.45) is 4.74. The molecule has 3 heterocycles. The summed E-state index contributed by atoms with van der Waals surface area (Å²) in [6, 6.07) is 12.0. The van der Waals surface area contributed by atoms with Crippen LogP contribution in [0.3, 0.4) is 0 Å². The largest absolute Gasteiger partial charge is 0.341 e. The molecule has 0 aliphatic carbocycles. The van der Waals surface area contributed by atoms with Gasteiger partial charge in [-0.05, 0) is 24.7 Å². The first kappa shape index (κ1) is 18.2. The molecule has 6 nitrogen and oxygen atoms in total. The summed E-state index contributed by atoms with van der Waals surface area (Å²) in [5.41, 5.74) is 4.45. The quantitative estimate of drug-likeness (QED) is 0.632. The zero-order valence-corrected chi connectivity index (χ0v) is 16.3. The highest BCUT2D eigenvalue weighted by atomic mass is 32.2. The Hall–Kier alpha value is -2.22. The fraction of sp³-hybridized carbons (Fsp3) is 0.350. The van der Waals surface area contributed by atoms with Crippen LogP contribution in [0.4, 0.5) is 0 Å². The SMILES string of the molecule is CN1CCc2c(c3ccccc3n2CC(OS(C)(=O)=O)c2cccnc2)C1. The molecule has 1 aliphatic heterocycles. The summed E-state index contributed by atoms with van der Waals surface area (Å²) in [7, 11) is -1.48. The molecule has 3 aromatic rings. The molecule has 27 heavy (non-hydrogen) atoms. The minimum Gasteiger partial charge on any atom is -0.341 e. The zero-order chi connectivity index (χ0) is 19.0. The Balaban J connectivity index is 1.81. The monoisotopic (exact) mass is 385 g/mol. The van der Waals surface area contributed by atoms with Gasteiger partial charge < -0.3 is 9.47 Å². The highest BCUT2D eigenvalue weighted by Crippen LogP contribution is 2.33. The van der Waals surface area contributed by atoms with E-state index in [0.29, 0.717) is 6.54 Å². The lowest BCUT2D eigenvalue weighted by molar-refractivity contribution is 0.192. The van der Waals surface area contributed by atoms with Crippen molar-refractivity contribution in [1.82, 2.24) is 14.5 Å². The first-order valence-corrected chi connectivity index (χ1v) is 10.8. The molecule has 1 unspecified atom stereocenters. The predicted molar refractivity (Wildman–Crippen MR) is 105 cm³/mol. The van der Waals surface area contributed by atoms with Gasteiger partial charge in [-0.25, -0.2) is 0 Å². The first-order chi connectivity index (χ1) is 12.9. The van der Waals surface area contributed by atoms with Crippen molar-refractivity contribution in [2.24, 2.45) is 0 Å². The maximum atomic E-state index is 11.9. The highest BCUT2D eigenvalue weighted by molar-refractivity contribution is 7.86. The van der Waals surface area contributed by atoms with Crippen molar-refractivity contribution in [3.8, 4) is 0 Å². The number of para-hydroxylation sites is 1. The van der Waals surface area contributed by atoms with Gasteiger partial charge in [0.2, 0.25) is 0 Å². The van der Waals surface area contributed by atoms with Crippen LogP contribution in [0.15, 0.2) is 48.8 Å². The molecule has 0 spiro atoms. The van der Waals surface area contributed by atoms with Gasteiger partial charge in [-0.2, -0.15) is 8.42 Å². The third-order valence-electron chi connectivity index (χ3n) is 5.05. The summed E-state index contributed by atoms with van der Waals surface area (Å²) in [6.45, 7) is 2.31. The summed E-state index contributed by atoms with van der Waals surface area (Å²) < 4.78 is 31.4. The van der Waals surface area contributed by atoms with Crippen molar-refractivity contribution in [2.75, 3.05) is 19.8 Å². The van der Waals surface area contributed by atoms with Gasteiger partial charge in [-0.15, -0.1) is 0 Å². The molecule has 0 N–H and O–H groups in total. The molecular weight excluding hydrogens is 362 g/mol. The van der Waals surface area contributed by atoms with Crippen LogP contribution in [0.5, 0.6) is 0 Å². The molecule has 7 heteroatoms. The molecule has 1 aliphatic rings. The van der Waals surface area contributed by atoms with Gasteiger partial charge in [0.25, 0.3) is 10.1 Å². The number of fused-ring (bicyclic) bond motifs is 3. The van der Waals surface area contributed by atoms with E-state index in [1.165, 1.54) is 16.6 Å². The highest BCUT2D eigenvalue weighted by Gasteiger charge is 2.26. The van der Waals surface area contributed by atoms with Crippen LogP contribution in [0, 0.1) is 0 Å². The van der Waals surface area contributed by atoms with Crippen LogP contribution in [-0.2, 0) is 33.8 Å². The van der Waals surface area contributed by atoms with E-state index in [9.17, 15) is 8.42 Å². The van der Waals surface area contributed by atoms with Gasteiger partial charge in [0, 0.05) is 54.1 Å². The van der Waals surface area contributed by atoms with Crippen molar-refractivity contribution in [3.63, 3.8) is 0 Å². The number of aromatic nitrogens is 2. The summed E-state index contributed by atoms with van der Waals surface area (Å²) in [5.74, 6) is 0. The molecule has 1 atom stereocenters. The van der Waals surface area contributed by atoms with Gasteiger partial charge in [-0.3, -0.25) is 9.17 Å². The van der Waals surface area contributed by atoms with Crippen molar-refractivity contribution in [2.45, 2.75) is 25.6 Å². The minimum atomic E-state index is -3.61. The molecule has 0 saturated heterocycles. The Labute approximate surface area is 159 Å². The van der Waals surface area contributed by atoms with Crippen LogP contribution >= 0.6 is 0 Å². The third-order valence-corrected chi connectivity index (χ3v) is 5.63. The maximum absolute atomic E-state index is 11.9. The predicted octanol–water partition coefficient (Wildman–Crippen LogP) is 2.74. The van der Waals surface area contributed by atoms with Gasteiger partial charge in [-0.1, -0.05) is 24.3 Å². The lowest BCUT2D eigenvalue weighted by atomic mass is 10.1. The number of rotatable bonds is 5. The lowest BCUT2D eigenvalue weighted by Crippen LogP contribution is -2.28. The molecule has 1 aromatic carbocycles.